The van der Waals surface area contributed by atoms with Crippen molar-refractivity contribution < 1.29 is 4.57 Å². The second kappa shape index (κ2) is 7.27. The molecule has 0 aliphatic heterocycles. The Bertz CT molecular complexity index is 655. The molecule has 0 spiro atoms. The Labute approximate surface area is 139 Å². The molecule has 120 valence electrons. The van der Waals surface area contributed by atoms with Crippen LogP contribution in [0.25, 0.3) is 0 Å². The van der Waals surface area contributed by atoms with Crippen LogP contribution in [-0.4, -0.2) is 5.71 Å². The molecule has 1 aliphatic carbocycles. The maximum Gasteiger partial charge on any atom is 0.247 e. The molecule has 0 amide bonds. The zero-order chi connectivity index (χ0) is 16.1. The highest BCUT2D eigenvalue weighted by atomic mass is 31.2. The Balaban J connectivity index is 1.99. The SMILES string of the molecule is CCC1CCC(=NP(=O)(c2ccccc2)c2ccccc2)CC1. The van der Waals surface area contributed by atoms with Gasteiger partial charge in [0.05, 0.1) is 0 Å². The summed E-state index contributed by atoms with van der Waals surface area (Å²) in [6, 6.07) is 19.4. The van der Waals surface area contributed by atoms with Crippen LogP contribution in [0.5, 0.6) is 0 Å². The van der Waals surface area contributed by atoms with Crippen LogP contribution >= 0.6 is 7.29 Å². The van der Waals surface area contributed by atoms with Crippen molar-refractivity contribution in [3.05, 3.63) is 60.7 Å². The van der Waals surface area contributed by atoms with Crippen molar-refractivity contribution >= 4 is 23.6 Å². The van der Waals surface area contributed by atoms with E-state index in [2.05, 4.69) is 6.92 Å². The molecule has 0 saturated heterocycles. The van der Waals surface area contributed by atoms with E-state index in [1.54, 1.807) is 0 Å². The summed E-state index contributed by atoms with van der Waals surface area (Å²) in [7, 11) is -2.93. The molecule has 0 unspecified atom stereocenters. The molecule has 0 radical (unpaired) electrons. The molecule has 1 aliphatic rings. The molecular formula is C20H24NOP. The summed E-state index contributed by atoms with van der Waals surface area (Å²) in [5, 5.41) is 1.66. The Morgan fingerprint density at radius 3 is 1.83 bits per heavy atom. The smallest absolute Gasteiger partial charge is 0.247 e. The van der Waals surface area contributed by atoms with Gasteiger partial charge in [-0.05, 0) is 55.9 Å². The summed E-state index contributed by atoms with van der Waals surface area (Å²) in [6.07, 6.45) is 5.57. The lowest BCUT2D eigenvalue weighted by atomic mass is 9.86. The summed E-state index contributed by atoms with van der Waals surface area (Å²) in [5.41, 5.74) is 1.13. The Hall–Kier alpha value is -1.66. The minimum atomic E-state index is -2.93. The monoisotopic (exact) mass is 325 g/mol. The van der Waals surface area contributed by atoms with Crippen molar-refractivity contribution in [3.8, 4) is 0 Å². The van der Waals surface area contributed by atoms with Crippen molar-refractivity contribution in [1.29, 1.82) is 0 Å². The van der Waals surface area contributed by atoms with Crippen LogP contribution in [0.1, 0.15) is 39.0 Å². The van der Waals surface area contributed by atoms with E-state index < -0.39 is 7.29 Å². The summed E-state index contributed by atoms with van der Waals surface area (Å²) < 4.78 is 18.7. The average molecular weight is 325 g/mol. The minimum absolute atomic E-state index is 0.807. The Kier molecular flexibility index (Phi) is 5.13. The van der Waals surface area contributed by atoms with Gasteiger partial charge in [0.2, 0.25) is 7.29 Å². The first-order valence-corrected chi connectivity index (χ1v) is 10.2. The van der Waals surface area contributed by atoms with Crippen molar-refractivity contribution in [2.75, 3.05) is 0 Å². The van der Waals surface area contributed by atoms with Crippen LogP contribution in [0.2, 0.25) is 0 Å². The molecule has 0 bridgehead atoms. The normalized spacial score (nSPS) is 18.7. The number of nitrogens with zero attached hydrogens (tertiary/aromatic N) is 1. The Morgan fingerprint density at radius 1 is 0.913 bits per heavy atom. The quantitative estimate of drug-likeness (QED) is 0.731. The highest BCUT2D eigenvalue weighted by molar-refractivity contribution is 7.77. The van der Waals surface area contributed by atoms with E-state index in [0.29, 0.717) is 0 Å². The lowest BCUT2D eigenvalue weighted by Gasteiger charge is -2.24. The number of benzene rings is 2. The molecule has 23 heavy (non-hydrogen) atoms. The van der Waals surface area contributed by atoms with E-state index in [9.17, 15) is 4.57 Å². The van der Waals surface area contributed by atoms with Gasteiger partial charge in [-0.2, -0.15) is 0 Å². The van der Waals surface area contributed by atoms with E-state index in [0.717, 1.165) is 35.1 Å². The second-order valence-electron chi connectivity index (χ2n) is 6.26. The van der Waals surface area contributed by atoms with Gasteiger partial charge in [-0.15, -0.1) is 0 Å². The summed E-state index contributed by atoms with van der Waals surface area (Å²) >= 11 is 0. The standard InChI is InChI=1S/C20H24NOP/c1-2-17-13-15-18(16-14-17)21-23(22,19-9-5-3-6-10-19)20-11-7-4-8-12-20/h3-12,17H,2,13-16H2,1H3. The molecule has 3 rings (SSSR count). The third-order valence-electron chi connectivity index (χ3n) is 4.75. The summed E-state index contributed by atoms with van der Waals surface area (Å²) in [5.74, 6) is 0.807. The van der Waals surface area contributed by atoms with Gasteiger partial charge < -0.3 is 0 Å². The number of rotatable bonds is 4. The largest absolute Gasteiger partial charge is 0.288 e. The molecule has 0 N–H and O–H groups in total. The van der Waals surface area contributed by atoms with Gasteiger partial charge in [-0.1, -0.05) is 49.7 Å². The molecule has 2 aromatic rings. The van der Waals surface area contributed by atoms with Crippen LogP contribution < -0.4 is 10.6 Å². The maximum absolute atomic E-state index is 13.8. The number of hydrogen-bond donors (Lipinski definition) is 0. The van der Waals surface area contributed by atoms with Crippen LogP contribution in [0.4, 0.5) is 0 Å². The third kappa shape index (κ3) is 3.64. The van der Waals surface area contributed by atoms with Gasteiger partial charge in [0.1, 0.15) is 0 Å². The molecule has 2 aromatic carbocycles. The van der Waals surface area contributed by atoms with Gasteiger partial charge in [-0.3, -0.25) is 4.57 Å². The van der Waals surface area contributed by atoms with Crippen LogP contribution in [0, 0.1) is 5.92 Å². The molecular weight excluding hydrogens is 301 g/mol. The van der Waals surface area contributed by atoms with Crippen LogP contribution in [0.3, 0.4) is 0 Å². The average Bonchev–Trinajstić information content (AvgIpc) is 2.64. The lowest BCUT2D eigenvalue weighted by molar-refractivity contribution is 0.430. The molecule has 0 aromatic heterocycles. The molecule has 3 heteroatoms. The zero-order valence-electron chi connectivity index (χ0n) is 13.7. The maximum atomic E-state index is 13.8. The van der Waals surface area contributed by atoms with E-state index in [4.69, 9.17) is 4.76 Å². The third-order valence-corrected chi connectivity index (χ3v) is 7.31. The van der Waals surface area contributed by atoms with E-state index in [1.165, 1.54) is 19.3 Å². The predicted octanol–water partition coefficient (Wildman–Crippen LogP) is 4.96. The molecule has 0 atom stereocenters. The highest BCUT2D eigenvalue weighted by Crippen LogP contribution is 2.46. The molecule has 1 saturated carbocycles. The van der Waals surface area contributed by atoms with Crippen LogP contribution in [-0.2, 0) is 4.57 Å². The number of hydrogen-bond acceptors (Lipinski definition) is 1. The molecule has 1 fully saturated rings. The fraction of sp³-hybridized carbons (Fsp3) is 0.350. The minimum Gasteiger partial charge on any atom is -0.288 e. The van der Waals surface area contributed by atoms with Crippen molar-refractivity contribution in [3.63, 3.8) is 0 Å². The molecule has 0 heterocycles. The lowest BCUT2D eigenvalue weighted by Crippen LogP contribution is -2.18. The fourth-order valence-corrected chi connectivity index (χ4v) is 5.52. The van der Waals surface area contributed by atoms with Crippen molar-refractivity contribution in [1.82, 2.24) is 0 Å². The fourth-order valence-electron chi connectivity index (χ4n) is 3.24. The van der Waals surface area contributed by atoms with E-state index >= 15 is 0 Å². The van der Waals surface area contributed by atoms with Gasteiger partial charge in [0.25, 0.3) is 0 Å². The topological polar surface area (TPSA) is 29.4 Å². The van der Waals surface area contributed by atoms with Crippen molar-refractivity contribution in [2.24, 2.45) is 10.7 Å². The first-order chi connectivity index (χ1) is 11.2. The highest BCUT2D eigenvalue weighted by Gasteiger charge is 2.28. The van der Waals surface area contributed by atoms with E-state index in [1.807, 2.05) is 60.7 Å². The van der Waals surface area contributed by atoms with Gasteiger partial charge >= 0.3 is 0 Å². The Morgan fingerprint density at radius 2 is 1.39 bits per heavy atom. The second-order valence-corrected chi connectivity index (χ2v) is 8.65. The summed E-state index contributed by atoms with van der Waals surface area (Å²) in [6.45, 7) is 2.26. The van der Waals surface area contributed by atoms with Crippen molar-refractivity contribution in [2.45, 2.75) is 39.0 Å². The zero-order valence-corrected chi connectivity index (χ0v) is 14.6. The van der Waals surface area contributed by atoms with Gasteiger partial charge in [0.15, 0.2) is 0 Å². The van der Waals surface area contributed by atoms with E-state index in [-0.39, 0.29) is 0 Å². The van der Waals surface area contributed by atoms with Gasteiger partial charge in [0, 0.05) is 16.3 Å². The first-order valence-electron chi connectivity index (χ1n) is 8.51. The predicted molar refractivity (Wildman–Crippen MR) is 99.4 cm³/mol. The molecule has 2 nitrogen and oxygen atoms in total. The van der Waals surface area contributed by atoms with Gasteiger partial charge in [-0.25, -0.2) is 4.76 Å². The summed E-state index contributed by atoms with van der Waals surface area (Å²) in [4.78, 5) is 0. The first kappa shape index (κ1) is 16.2. The van der Waals surface area contributed by atoms with Crippen LogP contribution in [0.15, 0.2) is 65.4 Å².